The summed E-state index contributed by atoms with van der Waals surface area (Å²) < 4.78 is 5.15. The number of carbonyl (C=O) groups is 1. The van der Waals surface area contributed by atoms with Crippen molar-refractivity contribution in [2.45, 2.75) is 45.6 Å². The second kappa shape index (κ2) is 6.98. The Labute approximate surface area is 145 Å². The fourth-order valence-electron chi connectivity index (χ4n) is 3.22. The highest BCUT2D eigenvalue weighted by Crippen LogP contribution is 2.34. The highest BCUT2D eigenvalue weighted by Gasteiger charge is 2.42. The minimum absolute atomic E-state index is 0.00830. The van der Waals surface area contributed by atoms with E-state index in [-0.39, 0.29) is 11.4 Å². The van der Waals surface area contributed by atoms with Gasteiger partial charge in [-0.05, 0) is 33.2 Å². The molecule has 1 N–H and O–H groups in total. The van der Waals surface area contributed by atoms with Gasteiger partial charge in [0.2, 0.25) is 11.8 Å². The summed E-state index contributed by atoms with van der Waals surface area (Å²) in [6, 6.07) is 0. The normalized spacial score (nSPS) is 21.3. The highest BCUT2D eigenvalue weighted by molar-refractivity contribution is 7.09. The van der Waals surface area contributed by atoms with Crippen LogP contribution in [0.15, 0.2) is 9.90 Å². The zero-order valence-corrected chi connectivity index (χ0v) is 15.2. The monoisotopic (exact) mass is 349 g/mol. The molecule has 3 heterocycles. The van der Waals surface area contributed by atoms with Crippen molar-refractivity contribution < 1.29 is 9.32 Å². The molecule has 8 heteroatoms. The van der Waals surface area contributed by atoms with Gasteiger partial charge in [0.05, 0.1) is 0 Å². The van der Waals surface area contributed by atoms with Crippen LogP contribution in [-0.4, -0.2) is 45.6 Å². The van der Waals surface area contributed by atoms with Crippen molar-refractivity contribution in [3.63, 3.8) is 0 Å². The summed E-state index contributed by atoms with van der Waals surface area (Å²) in [5.41, 5.74) is 0.649. The fourth-order valence-corrected chi connectivity index (χ4v) is 4.19. The van der Waals surface area contributed by atoms with Gasteiger partial charge in [-0.2, -0.15) is 4.98 Å². The lowest BCUT2D eigenvalue weighted by molar-refractivity contribution is -0.120. The van der Waals surface area contributed by atoms with E-state index in [2.05, 4.69) is 25.3 Å². The molecule has 1 unspecified atom stereocenters. The molecule has 0 radical (unpaired) electrons. The number of nitrogens with zero attached hydrogens (tertiary/aromatic N) is 4. The number of thiazole rings is 1. The van der Waals surface area contributed by atoms with E-state index in [1.807, 2.05) is 19.2 Å². The second-order valence-corrected chi connectivity index (χ2v) is 7.28. The van der Waals surface area contributed by atoms with Gasteiger partial charge in [-0.1, -0.05) is 5.16 Å². The molecule has 1 aliphatic rings. The highest BCUT2D eigenvalue weighted by atomic mass is 32.1. The molecule has 1 saturated heterocycles. The molecule has 2 aromatic rings. The van der Waals surface area contributed by atoms with E-state index >= 15 is 0 Å². The Morgan fingerprint density at radius 2 is 2.29 bits per heavy atom. The Kier molecular flexibility index (Phi) is 4.96. The van der Waals surface area contributed by atoms with E-state index in [1.54, 1.807) is 18.3 Å². The maximum atomic E-state index is 11.7. The van der Waals surface area contributed by atoms with Gasteiger partial charge in [-0.15, -0.1) is 11.3 Å². The third-order valence-corrected chi connectivity index (χ3v) is 5.39. The lowest BCUT2D eigenvalue weighted by Gasteiger charge is -2.28. The molecular weight excluding hydrogens is 326 g/mol. The maximum absolute atomic E-state index is 11.7. The minimum atomic E-state index is -0.355. The van der Waals surface area contributed by atoms with E-state index in [9.17, 15) is 4.79 Å². The largest absolute Gasteiger partial charge is 0.343 e. The van der Waals surface area contributed by atoms with Crippen LogP contribution in [0.5, 0.6) is 0 Å². The Hall–Kier alpha value is -1.80. The first-order valence-electron chi connectivity index (χ1n) is 8.20. The third kappa shape index (κ3) is 3.81. The first-order valence-corrected chi connectivity index (χ1v) is 9.08. The third-order valence-electron chi connectivity index (χ3n) is 4.23. The summed E-state index contributed by atoms with van der Waals surface area (Å²) in [5.74, 6) is 1.36. The van der Waals surface area contributed by atoms with Crippen molar-refractivity contribution in [3.8, 4) is 0 Å². The van der Waals surface area contributed by atoms with Crippen LogP contribution >= 0.6 is 11.3 Å². The van der Waals surface area contributed by atoms with Crippen molar-refractivity contribution in [3.05, 3.63) is 27.8 Å². The maximum Gasteiger partial charge on any atom is 0.226 e. The smallest absolute Gasteiger partial charge is 0.226 e. The summed E-state index contributed by atoms with van der Waals surface area (Å²) in [6.45, 7) is 8.06. The molecule has 0 aromatic carbocycles. The topological polar surface area (TPSA) is 84.2 Å². The standard InChI is InChI=1S/C16H23N5O2S/c1-11-9-24-15(17-11)16(19-13(3)22)6-8-21(10-16)7-4-5-14-18-12(2)20-23-14/h9H,4-8,10H2,1-3H3,(H,19,22). The zero-order chi connectivity index (χ0) is 17.2. The van der Waals surface area contributed by atoms with Crippen LogP contribution < -0.4 is 5.32 Å². The Balaban J connectivity index is 1.61. The fraction of sp³-hybridized carbons (Fsp3) is 0.625. The zero-order valence-electron chi connectivity index (χ0n) is 14.3. The van der Waals surface area contributed by atoms with Crippen molar-refractivity contribution in [2.75, 3.05) is 19.6 Å². The predicted molar refractivity (Wildman–Crippen MR) is 90.8 cm³/mol. The van der Waals surface area contributed by atoms with Crippen LogP contribution in [0.2, 0.25) is 0 Å². The van der Waals surface area contributed by atoms with Gasteiger partial charge >= 0.3 is 0 Å². The first-order chi connectivity index (χ1) is 11.5. The molecule has 1 atom stereocenters. The van der Waals surface area contributed by atoms with E-state index in [0.29, 0.717) is 11.7 Å². The SMILES string of the molecule is CC(=O)NC1(c2nc(C)cs2)CCN(CCCc2nc(C)no2)C1. The number of likely N-dealkylation sites (tertiary alicyclic amines) is 1. The quantitative estimate of drug-likeness (QED) is 0.856. The van der Waals surface area contributed by atoms with Gasteiger partial charge in [-0.25, -0.2) is 4.98 Å². The van der Waals surface area contributed by atoms with Crippen LogP contribution in [0.25, 0.3) is 0 Å². The van der Waals surface area contributed by atoms with Gasteiger partial charge in [0.15, 0.2) is 5.82 Å². The van der Waals surface area contributed by atoms with E-state index in [0.717, 1.165) is 49.6 Å². The van der Waals surface area contributed by atoms with E-state index < -0.39 is 0 Å². The van der Waals surface area contributed by atoms with Crippen molar-refractivity contribution in [1.82, 2.24) is 25.3 Å². The molecule has 0 aliphatic carbocycles. The molecule has 7 nitrogen and oxygen atoms in total. The average molecular weight is 349 g/mol. The summed E-state index contributed by atoms with van der Waals surface area (Å²) >= 11 is 1.63. The van der Waals surface area contributed by atoms with E-state index in [4.69, 9.17) is 4.52 Å². The molecule has 130 valence electrons. The summed E-state index contributed by atoms with van der Waals surface area (Å²) in [4.78, 5) is 22.9. The van der Waals surface area contributed by atoms with Crippen molar-refractivity contribution in [1.29, 1.82) is 0 Å². The number of aryl methyl sites for hydroxylation is 3. The van der Waals surface area contributed by atoms with Crippen LogP contribution in [0.1, 0.15) is 42.2 Å². The number of rotatable bonds is 6. The number of hydrogen-bond donors (Lipinski definition) is 1. The number of hydrogen-bond acceptors (Lipinski definition) is 7. The average Bonchev–Trinajstić information content (AvgIpc) is 3.21. The van der Waals surface area contributed by atoms with Gasteiger partial charge in [0.25, 0.3) is 0 Å². The molecular formula is C16H23N5O2S. The van der Waals surface area contributed by atoms with Crippen LogP contribution in [0, 0.1) is 13.8 Å². The molecule has 3 rings (SSSR count). The lowest BCUT2D eigenvalue weighted by Crippen LogP contribution is -2.47. The molecule has 24 heavy (non-hydrogen) atoms. The number of nitrogens with one attached hydrogen (secondary N) is 1. The lowest BCUT2D eigenvalue weighted by atomic mass is 9.99. The summed E-state index contributed by atoms with van der Waals surface area (Å²) in [7, 11) is 0. The van der Waals surface area contributed by atoms with Crippen LogP contribution in [-0.2, 0) is 16.8 Å². The number of amides is 1. The van der Waals surface area contributed by atoms with Crippen molar-refractivity contribution in [2.24, 2.45) is 0 Å². The minimum Gasteiger partial charge on any atom is -0.343 e. The Morgan fingerprint density at radius 3 is 2.92 bits per heavy atom. The summed E-state index contributed by atoms with van der Waals surface area (Å²) in [5, 5.41) is 10.0. The van der Waals surface area contributed by atoms with Crippen LogP contribution in [0.4, 0.5) is 0 Å². The second-order valence-electron chi connectivity index (χ2n) is 6.42. The first kappa shape index (κ1) is 17.0. The number of carbonyl (C=O) groups excluding carboxylic acids is 1. The Bertz CT molecular complexity index is 713. The molecule has 1 amide bonds. The van der Waals surface area contributed by atoms with E-state index in [1.165, 1.54) is 0 Å². The molecule has 1 aliphatic heterocycles. The molecule has 0 saturated carbocycles. The molecule has 0 bridgehead atoms. The van der Waals surface area contributed by atoms with Gasteiger partial charge < -0.3 is 14.7 Å². The number of aromatic nitrogens is 3. The van der Waals surface area contributed by atoms with Crippen molar-refractivity contribution >= 4 is 17.2 Å². The predicted octanol–water partition coefficient (Wildman–Crippen LogP) is 1.81. The van der Waals surface area contributed by atoms with Crippen LogP contribution in [0.3, 0.4) is 0 Å². The Morgan fingerprint density at radius 1 is 1.46 bits per heavy atom. The molecule has 1 fully saturated rings. The van der Waals surface area contributed by atoms with Gasteiger partial charge in [-0.3, -0.25) is 4.79 Å². The summed E-state index contributed by atoms with van der Waals surface area (Å²) in [6.07, 6.45) is 2.62. The molecule has 0 spiro atoms. The van der Waals surface area contributed by atoms with Gasteiger partial charge in [0.1, 0.15) is 10.5 Å². The molecule has 2 aromatic heterocycles. The van der Waals surface area contributed by atoms with Gasteiger partial charge in [0, 0.05) is 37.5 Å².